The van der Waals surface area contributed by atoms with Crippen molar-refractivity contribution < 1.29 is 18.0 Å². The van der Waals surface area contributed by atoms with Gasteiger partial charge in [0.25, 0.3) is 5.91 Å². The molecular formula is C14H13F3N6O. The Morgan fingerprint density at radius 3 is 2.67 bits per heavy atom. The molecule has 3 aromatic rings. The Hall–Kier alpha value is -2.91. The lowest BCUT2D eigenvalue weighted by atomic mass is 10.2. The van der Waals surface area contributed by atoms with Gasteiger partial charge in [-0.3, -0.25) is 9.89 Å². The van der Waals surface area contributed by atoms with E-state index in [9.17, 15) is 18.0 Å². The molecule has 0 radical (unpaired) electrons. The van der Waals surface area contributed by atoms with E-state index in [0.29, 0.717) is 5.69 Å². The van der Waals surface area contributed by atoms with Gasteiger partial charge in [-0.2, -0.15) is 23.4 Å². The molecule has 1 amide bonds. The van der Waals surface area contributed by atoms with E-state index in [1.807, 2.05) is 0 Å². The van der Waals surface area contributed by atoms with Crippen LogP contribution in [0.1, 0.15) is 33.1 Å². The van der Waals surface area contributed by atoms with Crippen LogP contribution in [0.5, 0.6) is 0 Å². The molecule has 0 saturated heterocycles. The predicted molar refractivity (Wildman–Crippen MR) is 78.7 cm³/mol. The molecule has 3 heterocycles. The van der Waals surface area contributed by atoms with Crippen LogP contribution >= 0.6 is 0 Å². The number of H-pyrrole nitrogens is 1. The average Bonchev–Trinajstić information content (AvgIpc) is 3.03. The van der Waals surface area contributed by atoms with Gasteiger partial charge in [-0.1, -0.05) is 0 Å². The maximum atomic E-state index is 13.0. The smallest absolute Gasteiger partial charge is 0.318 e. The van der Waals surface area contributed by atoms with Gasteiger partial charge in [0.05, 0.1) is 17.6 Å². The summed E-state index contributed by atoms with van der Waals surface area (Å²) in [6, 6.07) is 1.78. The number of nitrogens with zero attached hydrogens (tertiary/aromatic N) is 4. The summed E-state index contributed by atoms with van der Waals surface area (Å²) in [7, 11) is 0. The Balaban J connectivity index is 2.02. The van der Waals surface area contributed by atoms with Gasteiger partial charge in [0.2, 0.25) is 0 Å². The quantitative estimate of drug-likeness (QED) is 0.752. The lowest BCUT2D eigenvalue weighted by molar-refractivity contribution is -0.140. The summed E-state index contributed by atoms with van der Waals surface area (Å²) < 4.78 is 40.3. The summed E-state index contributed by atoms with van der Waals surface area (Å²) in [6.07, 6.45) is -3.41. The van der Waals surface area contributed by atoms with E-state index in [1.54, 1.807) is 19.9 Å². The molecule has 0 bridgehead atoms. The zero-order valence-electron chi connectivity index (χ0n) is 13.0. The molecule has 3 aromatic heterocycles. The van der Waals surface area contributed by atoms with E-state index >= 15 is 0 Å². The molecule has 0 saturated carbocycles. The zero-order chi connectivity index (χ0) is 17.6. The van der Waals surface area contributed by atoms with Crippen molar-refractivity contribution in [1.29, 1.82) is 0 Å². The Morgan fingerprint density at radius 2 is 2.00 bits per heavy atom. The number of carbonyl (C=O) groups is 1. The van der Waals surface area contributed by atoms with Crippen molar-refractivity contribution in [1.82, 2.24) is 24.8 Å². The molecule has 7 nitrogen and oxygen atoms in total. The summed E-state index contributed by atoms with van der Waals surface area (Å²) in [5.41, 5.74) is 0.307. The minimum Gasteiger partial charge on any atom is -0.318 e. The molecule has 24 heavy (non-hydrogen) atoms. The number of anilines is 1. The van der Waals surface area contributed by atoms with Crippen LogP contribution in [0.15, 0.2) is 12.3 Å². The van der Waals surface area contributed by atoms with E-state index in [-0.39, 0.29) is 16.9 Å². The molecular weight excluding hydrogens is 325 g/mol. The molecule has 0 aliphatic heterocycles. The van der Waals surface area contributed by atoms with Gasteiger partial charge >= 0.3 is 6.18 Å². The van der Waals surface area contributed by atoms with Crippen molar-refractivity contribution in [3.63, 3.8) is 0 Å². The first-order chi connectivity index (χ1) is 11.2. The highest BCUT2D eigenvalue weighted by atomic mass is 19.4. The first-order valence-corrected chi connectivity index (χ1v) is 6.94. The number of halogens is 3. The number of hydrogen-bond acceptors (Lipinski definition) is 4. The summed E-state index contributed by atoms with van der Waals surface area (Å²) in [5.74, 6) is -0.738. The second kappa shape index (κ2) is 5.32. The third kappa shape index (κ3) is 2.59. The number of alkyl halides is 3. The Kier molecular flexibility index (Phi) is 3.54. The van der Waals surface area contributed by atoms with Gasteiger partial charge in [0.1, 0.15) is 5.56 Å². The van der Waals surface area contributed by atoms with Crippen LogP contribution < -0.4 is 5.32 Å². The number of aryl methyl sites for hydroxylation is 3. The van der Waals surface area contributed by atoms with Gasteiger partial charge in [-0.15, -0.1) is 0 Å². The molecule has 0 aliphatic carbocycles. The van der Waals surface area contributed by atoms with Gasteiger partial charge < -0.3 is 5.32 Å². The lowest BCUT2D eigenvalue weighted by Gasteiger charge is -2.08. The second-order valence-corrected chi connectivity index (χ2v) is 5.36. The summed E-state index contributed by atoms with van der Waals surface area (Å²) in [6.45, 7) is 4.93. The number of hydrogen-bond donors (Lipinski definition) is 2. The highest BCUT2D eigenvalue weighted by Gasteiger charge is 2.38. The highest BCUT2D eigenvalue weighted by molar-refractivity contribution is 6.08. The molecule has 0 spiro atoms. The van der Waals surface area contributed by atoms with E-state index in [2.05, 4.69) is 25.6 Å². The molecule has 0 aromatic carbocycles. The summed E-state index contributed by atoms with van der Waals surface area (Å²) >= 11 is 0. The van der Waals surface area contributed by atoms with Gasteiger partial charge in [-0.25, -0.2) is 9.50 Å². The summed E-state index contributed by atoms with van der Waals surface area (Å²) in [4.78, 5) is 16.7. The number of aromatic amines is 1. The predicted octanol–water partition coefficient (Wildman–Crippen LogP) is 2.65. The van der Waals surface area contributed by atoms with Crippen molar-refractivity contribution in [2.75, 3.05) is 5.32 Å². The topological polar surface area (TPSA) is 88.0 Å². The maximum absolute atomic E-state index is 13.0. The molecule has 0 fully saturated rings. The molecule has 126 valence electrons. The van der Waals surface area contributed by atoms with Crippen LogP contribution in [0, 0.1) is 20.8 Å². The monoisotopic (exact) mass is 338 g/mol. The van der Waals surface area contributed by atoms with Crippen molar-refractivity contribution in [2.24, 2.45) is 0 Å². The van der Waals surface area contributed by atoms with E-state index in [0.717, 1.165) is 5.69 Å². The minimum absolute atomic E-state index is 0.0792. The minimum atomic E-state index is -4.68. The third-order valence-electron chi connectivity index (χ3n) is 3.48. The van der Waals surface area contributed by atoms with Crippen LogP contribution in [0.25, 0.3) is 5.65 Å². The van der Waals surface area contributed by atoms with Crippen molar-refractivity contribution in [2.45, 2.75) is 26.9 Å². The van der Waals surface area contributed by atoms with Crippen LogP contribution in [0.2, 0.25) is 0 Å². The van der Waals surface area contributed by atoms with Gasteiger partial charge in [0, 0.05) is 11.4 Å². The number of carbonyl (C=O) groups excluding carboxylic acids is 1. The number of aromatic nitrogens is 5. The fourth-order valence-electron chi connectivity index (χ4n) is 2.40. The standard InChI is InChI=1S/C14H13F3N6O/c1-6-4-7(2)23-12(19-6)9(5-18-23)13(24)20-10-8(3)21-22-11(10)14(15,16)17/h4-5H,1-3H3,(H,20,24)(H,21,22). The van der Waals surface area contributed by atoms with E-state index in [4.69, 9.17) is 0 Å². The SMILES string of the molecule is Cc1cc(C)n2ncc(C(=O)Nc3c(C(F)(F)F)n[nH]c3C)c2n1. The number of nitrogens with one attached hydrogen (secondary N) is 2. The van der Waals surface area contributed by atoms with Crippen LogP contribution in [0.3, 0.4) is 0 Å². The molecule has 0 unspecified atom stereocenters. The zero-order valence-corrected chi connectivity index (χ0v) is 13.0. The van der Waals surface area contributed by atoms with Gasteiger partial charge in [0.15, 0.2) is 11.3 Å². The first kappa shape index (κ1) is 16.0. The molecule has 10 heteroatoms. The Labute approximate surface area is 133 Å². The van der Waals surface area contributed by atoms with E-state index in [1.165, 1.54) is 17.6 Å². The van der Waals surface area contributed by atoms with Crippen LogP contribution in [-0.4, -0.2) is 30.7 Å². The lowest BCUT2D eigenvalue weighted by Crippen LogP contribution is -2.17. The average molecular weight is 338 g/mol. The fourth-order valence-corrected chi connectivity index (χ4v) is 2.40. The van der Waals surface area contributed by atoms with Gasteiger partial charge in [-0.05, 0) is 26.8 Å². The second-order valence-electron chi connectivity index (χ2n) is 5.36. The summed E-state index contributed by atoms with van der Waals surface area (Å²) in [5, 5.41) is 11.7. The van der Waals surface area contributed by atoms with Crippen molar-refractivity contribution >= 4 is 17.2 Å². The largest absolute Gasteiger partial charge is 0.437 e. The molecule has 0 aliphatic rings. The van der Waals surface area contributed by atoms with Crippen LogP contribution in [0.4, 0.5) is 18.9 Å². The molecule has 2 N–H and O–H groups in total. The first-order valence-electron chi connectivity index (χ1n) is 6.94. The highest BCUT2D eigenvalue weighted by Crippen LogP contribution is 2.34. The maximum Gasteiger partial charge on any atom is 0.437 e. The third-order valence-corrected chi connectivity index (χ3v) is 3.48. The molecule has 0 atom stereocenters. The van der Waals surface area contributed by atoms with Crippen molar-refractivity contribution in [3.8, 4) is 0 Å². The van der Waals surface area contributed by atoms with Crippen molar-refractivity contribution in [3.05, 3.63) is 40.6 Å². The molecule has 3 rings (SSSR count). The number of rotatable bonds is 2. The number of amides is 1. The fraction of sp³-hybridized carbons (Fsp3) is 0.286. The Bertz CT molecular complexity index is 940. The van der Waals surface area contributed by atoms with Crippen LogP contribution in [-0.2, 0) is 6.18 Å². The normalized spacial score (nSPS) is 11.9. The number of fused-ring (bicyclic) bond motifs is 1. The van der Waals surface area contributed by atoms with E-state index < -0.39 is 23.5 Å². The Morgan fingerprint density at radius 1 is 1.29 bits per heavy atom.